The first-order valence-corrected chi connectivity index (χ1v) is 6.82. The number of aliphatic carboxylic acids is 1. The van der Waals surface area contributed by atoms with E-state index >= 15 is 0 Å². The molecule has 2 N–H and O–H groups in total. The smallest absolute Gasteiger partial charge is 0.326 e. The van der Waals surface area contributed by atoms with Crippen LogP contribution in [0.3, 0.4) is 0 Å². The first-order chi connectivity index (χ1) is 8.63. The molecule has 0 aliphatic carbocycles. The van der Waals surface area contributed by atoms with Crippen LogP contribution < -0.4 is 5.32 Å². The van der Waals surface area contributed by atoms with Crippen molar-refractivity contribution in [2.45, 2.75) is 30.7 Å². The predicted octanol–water partition coefficient (Wildman–Crippen LogP) is 2.15. The molecule has 0 bridgehead atoms. The van der Waals surface area contributed by atoms with Crippen molar-refractivity contribution in [2.75, 3.05) is 5.75 Å². The molecule has 0 radical (unpaired) electrons. The second-order valence-corrected chi connectivity index (χ2v) is 4.90. The average Bonchev–Trinajstić information content (AvgIpc) is 2.37. The van der Waals surface area contributed by atoms with Gasteiger partial charge >= 0.3 is 5.97 Å². The van der Waals surface area contributed by atoms with Crippen molar-refractivity contribution in [3.05, 3.63) is 30.3 Å². The van der Waals surface area contributed by atoms with Gasteiger partial charge in [0.1, 0.15) is 6.04 Å². The van der Waals surface area contributed by atoms with Crippen LogP contribution in [-0.2, 0) is 9.59 Å². The molecule has 0 spiro atoms. The molecule has 4 nitrogen and oxygen atoms in total. The molecule has 0 unspecified atom stereocenters. The van der Waals surface area contributed by atoms with E-state index < -0.39 is 12.0 Å². The lowest BCUT2D eigenvalue weighted by atomic mass is 10.2. The summed E-state index contributed by atoms with van der Waals surface area (Å²) < 4.78 is 0. The fourth-order valence-corrected chi connectivity index (χ4v) is 2.18. The van der Waals surface area contributed by atoms with Crippen LogP contribution in [-0.4, -0.2) is 28.8 Å². The molecule has 0 fully saturated rings. The van der Waals surface area contributed by atoms with Gasteiger partial charge in [0.05, 0.1) is 5.75 Å². The Morgan fingerprint density at radius 3 is 2.56 bits per heavy atom. The van der Waals surface area contributed by atoms with Crippen molar-refractivity contribution in [1.29, 1.82) is 0 Å². The van der Waals surface area contributed by atoms with E-state index in [0.717, 1.165) is 11.3 Å². The second kappa shape index (κ2) is 7.76. The standard InChI is InChI=1S/C13H17NO3S/c1-2-6-11(13(16)17)14-12(15)9-18-10-7-4-3-5-8-10/h3-5,7-8,11H,2,6,9H2,1H3,(H,14,15)(H,16,17)/t11-/m1/s1. The van der Waals surface area contributed by atoms with Crippen molar-refractivity contribution in [1.82, 2.24) is 5.32 Å². The van der Waals surface area contributed by atoms with E-state index in [-0.39, 0.29) is 11.7 Å². The fourth-order valence-electron chi connectivity index (χ4n) is 1.45. The van der Waals surface area contributed by atoms with Crippen LogP contribution in [0.5, 0.6) is 0 Å². The zero-order valence-corrected chi connectivity index (χ0v) is 11.1. The molecule has 0 saturated carbocycles. The number of hydrogen-bond acceptors (Lipinski definition) is 3. The summed E-state index contributed by atoms with van der Waals surface area (Å²) in [5, 5.41) is 11.4. The number of benzene rings is 1. The highest BCUT2D eigenvalue weighted by atomic mass is 32.2. The Labute approximate surface area is 111 Å². The van der Waals surface area contributed by atoms with Gasteiger partial charge in [-0.25, -0.2) is 4.79 Å². The van der Waals surface area contributed by atoms with Crippen LogP contribution in [0.25, 0.3) is 0 Å². The number of nitrogens with one attached hydrogen (secondary N) is 1. The molecule has 0 aliphatic rings. The van der Waals surface area contributed by atoms with Crippen LogP contribution in [0.15, 0.2) is 35.2 Å². The zero-order valence-electron chi connectivity index (χ0n) is 10.3. The van der Waals surface area contributed by atoms with Crippen LogP contribution in [0.1, 0.15) is 19.8 Å². The molecule has 1 aromatic carbocycles. The normalized spacial score (nSPS) is 11.8. The van der Waals surface area contributed by atoms with E-state index in [2.05, 4.69) is 5.32 Å². The van der Waals surface area contributed by atoms with Crippen LogP contribution in [0.2, 0.25) is 0 Å². The predicted molar refractivity (Wildman–Crippen MR) is 71.6 cm³/mol. The Kier molecular flexibility index (Phi) is 6.28. The third-order valence-corrected chi connectivity index (χ3v) is 3.34. The number of carboxylic acid groups (broad SMARTS) is 1. The van der Waals surface area contributed by atoms with E-state index in [1.807, 2.05) is 37.3 Å². The molecule has 1 aromatic rings. The van der Waals surface area contributed by atoms with E-state index in [9.17, 15) is 9.59 Å². The van der Waals surface area contributed by atoms with Gasteiger partial charge in [-0.2, -0.15) is 0 Å². The van der Waals surface area contributed by atoms with Gasteiger partial charge in [0, 0.05) is 4.90 Å². The van der Waals surface area contributed by atoms with Gasteiger partial charge in [-0.3, -0.25) is 4.79 Å². The van der Waals surface area contributed by atoms with Crippen molar-refractivity contribution >= 4 is 23.6 Å². The van der Waals surface area contributed by atoms with Crippen LogP contribution in [0.4, 0.5) is 0 Å². The van der Waals surface area contributed by atoms with Gasteiger partial charge in [0.15, 0.2) is 0 Å². The number of carboxylic acids is 1. The van der Waals surface area contributed by atoms with Gasteiger partial charge in [0.2, 0.25) is 5.91 Å². The summed E-state index contributed by atoms with van der Waals surface area (Å²) >= 11 is 1.40. The Morgan fingerprint density at radius 2 is 2.00 bits per heavy atom. The molecule has 1 atom stereocenters. The Hall–Kier alpha value is -1.49. The molecule has 0 aromatic heterocycles. The van der Waals surface area contributed by atoms with Crippen molar-refractivity contribution in [2.24, 2.45) is 0 Å². The maximum atomic E-state index is 11.6. The molecule has 0 aliphatic heterocycles. The Morgan fingerprint density at radius 1 is 1.33 bits per heavy atom. The zero-order chi connectivity index (χ0) is 13.4. The summed E-state index contributed by atoms with van der Waals surface area (Å²) in [6.45, 7) is 1.89. The SMILES string of the molecule is CCC[C@@H](NC(=O)CSc1ccccc1)C(=O)O. The monoisotopic (exact) mass is 267 g/mol. The van der Waals surface area contributed by atoms with E-state index in [4.69, 9.17) is 5.11 Å². The molecule has 0 saturated heterocycles. The molecule has 0 heterocycles. The van der Waals surface area contributed by atoms with Crippen molar-refractivity contribution < 1.29 is 14.7 Å². The second-order valence-electron chi connectivity index (χ2n) is 3.85. The Bertz CT molecular complexity index is 394. The van der Waals surface area contributed by atoms with Crippen molar-refractivity contribution in [3.8, 4) is 0 Å². The molecular weight excluding hydrogens is 250 g/mol. The quantitative estimate of drug-likeness (QED) is 0.743. The summed E-state index contributed by atoms with van der Waals surface area (Å²) in [6, 6.07) is 8.76. The lowest BCUT2D eigenvalue weighted by Crippen LogP contribution is -2.41. The molecule has 5 heteroatoms. The van der Waals surface area contributed by atoms with Gasteiger partial charge in [0.25, 0.3) is 0 Å². The summed E-state index contributed by atoms with van der Waals surface area (Å²) in [6.07, 6.45) is 1.18. The summed E-state index contributed by atoms with van der Waals surface area (Å²) in [5.41, 5.74) is 0. The lowest BCUT2D eigenvalue weighted by Gasteiger charge is -2.13. The topological polar surface area (TPSA) is 66.4 Å². The highest BCUT2D eigenvalue weighted by molar-refractivity contribution is 8.00. The molecule has 1 amide bonds. The summed E-state index contributed by atoms with van der Waals surface area (Å²) in [5.74, 6) is -0.989. The highest BCUT2D eigenvalue weighted by Crippen LogP contribution is 2.16. The van der Waals surface area contributed by atoms with E-state index in [1.165, 1.54) is 11.8 Å². The van der Waals surface area contributed by atoms with Gasteiger partial charge in [-0.15, -0.1) is 11.8 Å². The third-order valence-electron chi connectivity index (χ3n) is 2.32. The average molecular weight is 267 g/mol. The van der Waals surface area contributed by atoms with Gasteiger partial charge in [-0.1, -0.05) is 31.5 Å². The van der Waals surface area contributed by atoms with Gasteiger partial charge in [-0.05, 0) is 18.6 Å². The van der Waals surface area contributed by atoms with Crippen LogP contribution >= 0.6 is 11.8 Å². The number of thioether (sulfide) groups is 1. The number of carbonyl (C=O) groups excluding carboxylic acids is 1. The lowest BCUT2D eigenvalue weighted by molar-refractivity contribution is -0.141. The summed E-state index contributed by atoms with van der Waals surface area (Å²) in [7, 11) is 0. The number of hydrogen-bond donors (Lipinski definition) is 2. The van der Waals surface area contributed by atoms with Crippen molar-refractivity contribution in [3.63, 3.8) is 0 Å². The number of carbonyl (C=O) groups is 2. The summed E-state index contributed by atoms with van der Waals surface area (Å²) in [4.78, 5) is 23.5. The Balaban J connectivity index is 2.39. The maximum absolute atomic E-state index is 11.6. The maximum Gasteiger partial charge on any atom is 0.326 e. The van der Waals surface area contributed by atoms with E-state index in [0.29, 0.717) is 6.42 Å². The van der Waals surface area contributed by atoms with E-state index in [1.54, 1.807) is 0 Å². The molecule has 98 valence electrons. The molecule has 18 heavy (non-hydrogen) atoms. The van der Waals surface area contributed by atoms with Crippen LogP contribution in [0, 0.1) is 0 Å². The molecular formula is C13H17NO3S. The molecule has 1 rings (SSSR count). The largest absolute Gasteiger partial charge is 0.480 e. The third kappa shape index (κ3) is 5.23. The fraction of sp³-hybridized carbons (Fsp3) is 0.385. The first kappa shape index (κ1) is 14.6. The van der Waals surface area contributed by atoms with Gasteiger partial charge < -0.3 is 10.4 Å². The minimum atomic E-state index is -0.977. The number of amides is 1. The highest BCUT2D eigenvalue weighted by Gasteiger charge is 2.18. The first-order valence-electron chi connectivity index (χ1n) is 5.83. The minimum Gasteiger partial charge on any atom is -0.480 e. The number of rotatable bonds is 7. The minimum absolute atomic E-state index is 0.234.